The molecule has 1 aromatic rings. The molecule has 2 aliphatic rings. The predicted octanol–water partition coefficient (Wildman–Crippen LogP) is 1.08. The van der Waals surface area contributed by atoms with Gasteiger partial charge in [-0.2, -0.15) is 0 Å². The zero-order valence-electron chi connectivity index (χ0n) is 15.7. The average Bonchev–Trinajstić information content (AvgIpc) is 2.69. The van der Waals surface area contributed by atoms with E-state index in [2.05, 4.69) is 10.2 Å². The van der Waals surface area contributed by atoms with Crippen molar-refractivity contribution in [3.05, 3.63) is 29.8 Å². The summed E-state index contributed by atoms with van der Waals surface area (Å²) in [5.74, 6) is -0.229. The number of piperidine rings is 1. The Hall–Kier alpha value is -1.96. The summed E-state index contributed by atoms with van der Waals surface area (Å²) in [6, 6.07) is 7.30. The summed E-state index contributed by atoms with van der Waals surface area (Å²) in [4.78, 5) is 26.0. The fraction of sp³-hybridized carbons (Fsp3) is 0.600. The standard InChI is InChI=1S/C20H30N4O3/c21-18(15-7-10-27-11-8-15)20(26)23-17-5-3-14(4-6-17)12-24-9-1-2-16(13-24)19(22)25/h3-6,15-16,18H,1-2,7-13,21H2,(H2,22,25)(H,23,26). The van der Waals surface area contributed by atoms with Gasteiger partial charge in [-0.05, 0) is 55.8 Å². The van der Waals surface area contributed by atoms with Crippen molar-refractivity contribution in [3.63, 3.8) is 0 Å². The Morgan fingerprint density at radius 2 is 1.89 bits per heavy atom. The lowest BCUT2D eigenvalue weighted by Gasteiger charge is -2.31. The fourth-order valence-electron chi connectivity index (χ4n) is 3.90. The third-order valence-corrected chi connectivity index (χ3v) is 5.61. The molecule has 2 fully saturated rings. The Kier molecular flexibility index (Phi) is 6.82. The van der Waals surface area contributed by atoms with Crippen LogP contribution in [0.4, 0.5) is 5.69 Å². The maximum Gasteiger partial charge on any atom is 0.241 e. The van der Waals surface area contributed by atoms with Gasteiger partial charge in [0.1, 0.15) is 0 Å². The lowest BCUT2D eigenvalue weighted by molar-refractivity contribution is -0.123. The van der Waals surface area contributed by atoms with Crippen LogP contribution in [0, 0.1) is 11.8 Å². The first-order chi connectivity index (χ1) is 13.0. The van der Waals surface area contributed by atoms with E-state index in [9.17, 15) is 9.59 Å². The van der Waals surface area contributed by atoms with Crippen molar-refractivity contribution in [2.45, 2.75) is 38.3 Å². The molecule has 2 amide bonds. The Bertz CT molecular complexity index is 643. The van der Waals surface area contributed by atoms with Crippen molar-refractivity contribution < 1.29 is 14.3 Å². The normalized spacial score (nSPS) is 22.9. The van der Waals surface area contributed by atoms with E-state index in [0.717, 1.165) is 50.0 Å². The molecule has 0 bridgehead atoms. The number of carbonyl (C=O) groups excluding carboxylic acids is 2. The summed E-state index contributed by atoms with van der Waals surface area (Å²) in [6.45, 7) is 3.82. The lowest BCUT2D eigenvalue weighted by Crippen LogP contribution is -2.44. The van der Waals surface area contributed by atoms with Crippen molar-refractivity contribution >= 4 is 17.5 Å². The molecule has 0 spiro atoms. The number of primary amides is 1. The molecular weight excluding hydrogens is 344 g/mol. The maximum absolute atomic E-state index is 12.4. The van der Waals surface area contributed by atoms with Gasteiger partial charge in [0.25, 0.3) is 0 Å². The van der Waals surface area contributed by atoms with Crippen molar-refractivity contribution in [3.8, 4) is 0 Å². The van der Waals surface area contributed by atoms with E-state index in [1.54, 1.807) is 0 Å². The van der Waals surface area contributed by atoms with Gasteiger partial charge in [-0.3, -0.25) is 14.5 Å². The first kappa shape index (κ1) is 19.8. The minimum atomic E-state index is -0.507. The number of ether oxygens (including phenoxy) is 1. The number of nitrogens with one attached hydrogen (secondary N) is 1. The highest BCUT2D eigenvalue weighted by Gasteiger charge is 2.27. The van der Waals surface area contributed by atoms with Gasteiger partial charge in [-0.15, -0.1) is 0 Å². The molecule has 2 heterocycles. The molecule has 7 nitrogen and oxygen atoms in total. The minimum Gasteiger partial charge on any atom is -0.381 e. The second-order valence-electron chi connectivity index (χ2n) is 7.64. The van der Waals surface area contributed by atoms with Gasteiger partial charge in [-0.25, -0.2) is 0 Å². The molecule has 0 saturated carbocycles. The smallest absolute Gasteiger partial charge is 0.241 e. The molecule has 3 rings (SSSR count). The van der Waals surface area contributed by atoms with Crippen molar-refractivity contribution in [2.24, 2.45) is 23.3 Å². The number of amides is 2. The molecule has 5 N–H and O–H groups in total. The van der Waals surface area contributed by atoms with Crippen LogP contribution in [0.15, 0.2) is 24.3 Å². The summed E-state index contributed by atoms with van der Waals surface area (Å²) in [6.07, 6.45) is 3.53. The molecule has 0 aliphatic carbocycles. The summed E-state index contributed by atoms with van der Waals surface area (Å²) < 4.78 is 5.33. The topological polar surface area (TPSA) is 111 Å². The number of nitrogens with zero attached hydrogens (tertiary/aromatic N) is 1. The molecule has 2 unspecified atom stereocenters. The predicted molar refractivity (Wildman–Crippen MR) is 104 cm³/mol. The van der Waals surface area contributed by atoms with Gasteiger partial charge in [0.05, 0.1) is 12.0 Å². The minimum absolute atomic E-state index is 0.0519. The Morgan fingerprint density at radius 3 is 2.56 bits per heavy atom. The number of carbonyl (C=O) groups is 2. The van der Waals surface area contributed by atoms with Crippen molar-refractivity contribution in [2.75, 3.05) is 31.6 Å². The highest BCUT2D eigenvalue weighted by molar-refractivity contribution is 5.94. The van der Waals surface area contributed by atoms with Gasteiger partial charge in [0.2, 0.25) is 11.8 Å². The van der Waals surface area contributed by atoms with E-state index < -0.39 is 6.04 Å². The molecule has 0 aromatic heterocycles. The molecule has 2 aliphatic heterocycles. The highest BCUT2D eigenvalue weighted by Crippen LogP contribution is 2.21. The van der Waals surface area contributed by atoms with Gasteiger partial charge in [0.15, 0.2) is 0 Å². The first-order valence-corrected chi connectivity index (χ1v) is 9.77. The third-order valence-electron chi connectivity index (χ3n) is 5.61. The van der Waals surface area contributed by atoms with E-state index in [4.69, 9.17) is 16.2 Å². The van der Waals surface area contributed by atoms with Crippen LogP contribution in [-0.2, 0) is 20.9 Å². The Labute approximate surface area is 160 Å². The van der Waals surface area contributed by atoms with Crippen molar-refractivity contribution in [1.82, 2.24) is 4.90 Å². The van der Waals surface area contributed by atoms with Crippen LogP contribution in [0.5, 0.6) is 0 Å². The molecule has 148 valence electrons. The monoisotopic (exact) mass is 374 g/mol. The molecule has 7 heteroatoms. The summed E-state index contributed by atoms with van der Waals surface area (Å²) >= 11 is 0. The van der Waals surface area contributed by atoms with Crippen LogP contribution in [0.25, 0.3) is 0 Å². The van der Waals surface area contributed by atoms with E-state index in [0.29, 0.717) is 19.8 Å². The third kappa shape index (κ3) is 5.51. The number of rotatable bonds is 6. The Balaban J connectivity index is 1.51. The molecule has 2 saturated heterocycles. The number of nitrogens with two attached hydrogens (primary N) is 2. The summed E-state index contributed by atoms with van der Waals surface area (Å²) in [5, 5.41) is 2.91. The lowest BCUT2D eigenvalue weighted by atomic mass is 9.92. The SMILES string of the molecule is NC(=O)C1CCCN(Cc2ccc(NC(=O)C(N)C3CCOCC3)cc2)C1. The van der Waals surface area contributed by atoms with E-state index in [-0.39, 0.29) is 23.7 Å². The molecule has 2 atom stereocenters. The second-order valence-corrected chi connectivity index (χ2v) is 7.64. The molecule has 27 heavy (non-hydrogen) atoms. The van der Waals surface area contributed by atoms with Crippen LogP contribution < -0.4 is 16.8 Å². The largest absolute Gasteiger partial charge is 0.381 e. The van der Waals surface area contributed by atoms with Crippen LogP contribution in [-0.4, -0.2) is 49.1 Å². The number of likely N-dealkylation sites (tertiary alicyclic amines) is 1. The van der Waals surface area contributed by atoms with Gasteiger partial charge in [-0.1, -0.05) is 12.1 Å². The number of hydrogen-bond donors (Lipinski definition) is 3. The average molecular weight is 374 g/mol. The maximum atomic E-state index is 12.4. The molecular formula is C20H30N4O3. The van der Waals surface area contributed by atoms with Crippen molar-refractivity contribution in [1.29, 1.82) is 0 Å². The van der Waals surface area contributed by atoms with Gasteiger partial charge < -0.3 is 21.5 Å². The van der Waals surface area contributed by atoms with E-state index in [1.807, 2.05) is 24.3 Å². The highest BCUT2D eigenvalue weighted by atomic mass is 16.5. The zero-order chi connectivity index (χ0) is 19.2. The van der Waals surface area contributed by atoms with E-state index in [1.165, 1.54) is 0 Å². The van der Waals surface area contributed by atoms with Gasteiger partial charge >= 0.3 is 0 Å². The van der Waals surface area contributed by atoms with Crippen LogP contribution >= 0.6 is 0 Å². The van der Waals surface area contributed by atoms with E-state index >= 15 is 0 Å². The number of hydrogen-bond acceptors (Lipinski definition) is 5. The van der Waals surface area contributed by atoms with Gasteiger partial charge in [0, 0.05) is 32.0 Å². The quantitative estimate of drug-likeness (QED) is 0.690. The molecule has 0 radical (unpaired) electrons. The zero-order valence-corrected chi connectivity index (χ0v) is 15.7. The van der Waals surface area contributed by atoms with Crippen LogP contribution in [0.3, 0.4) is 0 Å². The first-order valence-electron chi connectivity index (χ1n) is 9.77. The van der Waals surface area contributed by atoms with Crippen LogP contribution in [0.1, 0.15) is 31.2 Å². The number of anilines is 1. The van der Waals surface area contributed by atoms with Crippen LogP contribution in [0.2, 0.25) is 0 Å². The number of benzene rings is 1. The second kappa shape index (κ2) is 9.30. The summed E-state index contributed by atoms with van der Waals surface area (Å²) in [5.41, 5.74) is 13.5. The molecule has 1 aromatic carbocycles. The summed E-state index contributed by atoms with van der Waals surface area (Å²) in [7, 11) is 0. The Morgan fingerprint density at radius 1 is 1.19 bits per heavy atom. The fourth-order valence-corrected chi connectivity index (χ4v) is 3.90.